The van der Waals surface area contributed by atoms with E-state index in [-0.39, 0.29) is 5.78 Å². The Morgan fingerprint density at radius 2 is 1.77 bits per heavy atom. The third kappa shape index (κ3) is 6.79. The molecule has 3 heteroatoms. The molecule has 22 heavy (non-hydrogen) atoms. The van der Waals surface area contributed by atoms with E-state index in [0.717, 1.165) is 36.3 Å². The van der Waals surface area contributed by atoms with E-state index in [1.807, 2.05) is 24.3 Å². The molecular weight excluding hydrogens is 276 g/mol. The molecule has 0 unspecified atom stereocenters. The van der Waals surface area contributed by atoms with Gasteiger partial charge in [0, 0.05) is 6.42 Å². The van der Waals surface area contributed by atoms with Crippen molar-refractivity contribution in [2.45, 2.75) is 51.9 Å². The van der Waals surface area contributed by atoms with Crippen LogP contribution in [0.25, 0.3) is 0 Å². The van der Waals surface area contributed by atoms with Crippen molar-refractivity contribution >= 4 is 5.78 Å². The highest BCUT2D eigenvalue weighted by molar-refractivity contribution is 5.89. The van der Waals surface area contributed by atoms with Gasteiger partial charge in [-0.25, -0.2) is 0 Å². The summed E-state index contributed by atoms with van der Waals surface area (Å²) in [5, 5.41) is 0. The van der Waals surface area contributed by atoms with Crippen LogP contribution in [0.5, 0.6) is 11.5 Å². The molecule has 0 N–H and O–H groups in total. The van der Waals surface area contributed by atoms with Crippen molar-refractivity contribution in [3.8, 4) is 11.5 Å². The lowest BCUT2D eigenvalue weighted by molar-refractivity contribution is -0.114. The zero-order valence-corrected chi connectivity index (χ0v) is 14.1. The van der Waals surface area contributed by atoms with Crippen LogP contribution in [0, 0.1) is 0 Å². The Balaban J connectivity index is 2.37. The molecule has 0 saturated carbocycles. The minimum atomic E-state index is 0.219. The van der Waals surface area contributed by atoms with E-state index in [4.69, 9.17) is 9.47 Å². The van der Waals surface area contributed by atoms with Gasteiger partial charge in [-0.2, -0.15) is 0 Å². The fraction of sp³-hybridized carbons (Fsp3) is 0.526. The molecule has 0 aliphatic rings. The van der Waals surface area contributed by atoms with Crippen LogP contribution in [0.1, 0.15) is 51.0 Å². The van der Waals surface area contributed by atoms with Crippen LogP contribution < -0.4 is 9.47 Å². The second-order valence-corrected chi connectivity index (χ2v) is 5.43. The largest absolute Gasteiger partial charge is 0.493 e. The van der Waals surface area contributed by atoms with Gasteiger partial charge in [0.2, 0.25) is 0 Å². The van der Waals surface area contributed by atoms with Gasteiger partial charge in [0.15, 0.2) is 17.3 Å². The predicted molar refractivity (Wildman–Crippen MR) is 90.8 cm³/mol. The van der Waals surface area contributed by atoms with Gasteiger partial charge in [-0.15, -0.1) is 0 Å². The number of allylic oxidation sites excluding steroid dienone is 2. The number of methoxy groups -OCH3 is 2. The van der Waals surface area contributed by atoms with E-state index in [1.165, 1.54) is 19.3 Å². The Bertz CT molecular complexity index is 478. The smallest absolute Gasteiger partial charge is 0.160 e. The predicted octanol–water partition coefficient (Wildman–Crippen LogP) is 4.73. The van der Waals surface area contributed by atoms with Crippen LogP contribution in [0.4, 0.5) is 0 Å². The van der Waals surface area contributed by atoms with Gasteiger partial charge in [0.05, 0.1) is 14.2 Å². The van der Waals surface area contributed by atoms with E-state index >= 15 is 0 Å². The average molecular weight is 304 g/mol. The summed E-state index contributed by atoms with van der Waals surface area (Å²) in [6.07, 6.45) is 10.9. The van der Waals surface area contributed by atoms with E-state index in [1.54, 1.807) is 20.3 Å². The molecule has 0 aromatic heterocycles. The molecule has 0 radical (unpaired) electrons. The number of ketones is 1. The van der Waals surface area contributed by atoms with Crippen molar-refractivity contribution < 1.29 is 14.3 Å². The van der Waals surface area contributed by atoms with E-state index in [9.17, 15) is 4.79 Å². The fourth-order valence-corrected chi connectivity index (χ4v) is 2.32. The van der Waals surface area contributed by atoms with Gasteiger partial charge < -0.3 is 9.47 Å². The Morgan fingerprint density at radius 3 is 2.45 bits per heavy atom. The maximum absolute atomic E-state index is 11.8. The van der Waals surface area contributed by atoms with Crippen molar-refractivity contribution in [2.24, 2.45) is 0 Å². The zero-order valence-electron chi connectivity index (χ0n) is 14.1. The zero-order chi connectivity index (χ0) is 16.2. The number of rotatable bonds is 11. The second-order valence-electron chi connectivity index (χ2n) is 5.43. The van der Waals surface area contributed by atoms with Crippen molar-refractivity contribution in [2.75, 3.05) is 14.2 Å². The Morgan fingerprint density at radius 1 is 1.05 bits per heavy atom. The van der Waals surface area contributed by atoms with E-state index in [0.29, 0.717) is 6.42 Å². The summed E-state index contributed by atoms with van der Waals surface area (Å²) in [5.74, 6) is 1.66. The molecule has 0 spiro atoms. The molecule has 3 nitrogen and oxygen atoms in total. The van der Waals surface area contributed by atoms with Crippen LogP contribution in [-0.2, 0) is 11.2 Å². The minimum absolute atomic E-state index is 0.219. The Kier molecular flexibility index (Phi) is 9.04. The molecule has 1 rings (SSSR count). The first-order chi connectivity index (χ1) is 10.7. The highest BCUT2D eigenvalue weighted by Crippen LogP contribution is 2.27. The maximum atomic E-state index is 11.8. The highest BCUT2D eigenvalue weighted by Gasteiger charge is 2.03. The minimum Gasteiger partial charge on any atom is -0.493 e. The number of benzene rings is 1. The molecule has 0 bridgehead atoms. The summed E-state index contributed by atoms with van der Waals surface area (Å²) in [7, 11) is 3.25. The quantitative estimate of drug-likeness (QED) is 0.438. The summed E-state index contributed by atoms with van der Waals surface area (Å²) in [4.78, 5) is 11.8. The first-order valence-electron chi connectivity index (χ1n) is 8.11. The second kappa shape index (κ2) is 10.9. The molecule has 0 amide bonds. The molecule has 0 atom stereocenters. The number of carbonyl (C=O) groups excluding carboxylic acids is 1. The van der Waals surface area contributed by atoms with Gasteiger partial charge in [0.25, 0.3) is 0 Å². The molecule has 0 aliphatic carbocycles. The normalized spacial score (nSPS) is 10.9. The molecule has 122 valence electrons. The molecule has 1 aromatic rings. The third-order valence-electron chi connectivity index (χ3n) is 3.63. The standard InChI is InChI=1S/C19H28O3/c1-4-5-6-7-8-11-17(20)12-9-10-16-13-14-18(21-2)19(15-16)22-3/h9,12-15H,4-8,10-11H2,1-3H3. The van der Waals surface area contributed by atoms with Crippen molar-refractivity contribution in [1.29, 1.82) is 0 Å². The maximum Gasteiger partial charge on any atom is 0.160 e. The lowest BCUT2D eigenvalue weighted by atomic mass is 10.1. The highest BCUT2D eigenvalue weighted by atomic mass is 16.5. The topological polar surface area (TPSA) is 35.5 Å². The number of carbonyl (C=O) groups is 1. The van der Waals surface area contributed by atoms with Crippen LogP contribution >= 0.6 is 0 Å². The average Bonchev–Trinajstić information content (AvgIpc) is 2.54. The summed E-state index contributed by atoms with van der Waals surface area (Å²) in [6.45, 7) is 2.20. The Labute approximate surface area is 134 Å². The number of ether oxygens (including phenoxy) is 2. The van der Waals surface area contributed by atoms with Gasteiger partial charge in [-0.3, -0.25) is 4.79 Å². The molecule has 0 heterocycles. The van der Waals surface area contributed by atoms with Crippen molar-refractivity contribution in [3.05, 3.63) is 35.9 Å². The van der Waals surface area contributed by atoms with E-state index < -0.39 is 0 Å². The molecule has 1 aromatic carbocycles. The third-order valence-corrected chi connectivity index (χ3v) is 3.63. The monoisotopic (exact) mass is 304 g/mol. The Hall–Kier alpha value is -1.77. The van der Waals surface area contributed by atoms with Crippen LogP contribution in [-0.4, -0.2) is 20.0 Å². The number of hydrogen-bond acceptors (Lipinski definition) is 3. The van der Waals surface area contributed by atoms with Crippen LogP contribution in [0.2, 0.25) is 0 Å². The summed E-state index contributed by atoms with van der Waals surface area (Å²) in [5.41, 5.74) is 1.10. The van der Waals surface area contributed by atoms with Gasteiger partial charge >= 0.3 is 0 Å². The van der Waals surface area contributed by atoms with Crippen LogP contribution in [0.3, 0.4) is 0 Å². The van der Waals surface area contributed by atoms with Gasteiger partial charge in [0.1, 0.15) is 0 Å². The molecule has 0 fully saturated rings. The first-order valence-corrected chi connectivity index (χ1v) is 8.11. The lowest BCUT2D eigenvalue weighted by Crippen LogP contribution is -1.94. The number of unbranched alkanes of at least 4 members (excludes halogenated alkanes) is 4. The summed E-state index contributed by atoms with van der Waals surface area (Å²) >= 11 is 0. The fourth-order valence-electron chi connectivity index (χ4n) is 2.32. The van der Waals surface area contributed by atoms with Gasteiger partial charge in [-0.05, 0) is 36.6 Å². The number of hydrogen-bond donors (Lipinski definition) is 0. The summed E-state index contributed by atoms with van der Waals surface area (Å²) in [6, 6.07) is 5.82. The van der Waals surface area contributed by atoms with Crippen molar-refractivity contribution in [3.63, 3.8) is 0 Å². The molecule has 0 aliphatic heterocycles. The summed E-state index contributed by atoms with van der Waals surface area (Å²) < 4.78 is 10.5. The van der Waals surface area contributed by atoms with E-state index in [2.05, 4.69) is 6.92 Å². The molecular formula is C19H28O3. The SMILES string of the molecule is CCCCCCCC(=O)C=CCc1ccc(OC)c(OC)c1. The van der Waals surface area contributed by atoms with Crippen LogP contribution in [0.15, 0.2) is 30.4 Å². The van der Waals surface area contributed by atoms with Gasteiger partial charge in [-0.1, -0.05) is 44.7 Å². The molecule has 0 saturated heterocycles. The lowest BCUT2D eigenvalue weighted by Gasteiger charge is -2.08. The van der Waals surface area contributed by atoms with Crippen molar-refractivity contribution in [1.82, 2.24) is 0 Å². The first kappa shape index (κ1) is 18.3.